The lowest BCUT2D eigenvalue weighted by Gasteiger charge is -2.35. The minimum absolute atomic E-state index is 0.0465. The zero-order valence-electron chi connectivity index (χ0n) is 16.9. The Bertz CT molecular complexity index is 779. The van der Waals surface area contributed by atoms with Crippen molar-refractivity contribution in [1.82, 2.24) is 4.90 Å². The number of hydrogen-bond donors (Lipinski definition) is 0. The van der Waals surface area contributed by atoms with Gasteiger partial charge in [-0.3, -0.25) is 9.59 Å². The number of ether oxygens (including phenoxy) is 1. The Hall–Kier alpha value is -1.96. The molecule has 2 heterocycles. The monoisotopic (exact) mass is 446 g/mol. The molecule has 0 N–H and O–H groups in total. The minimum Gasteiger partial charge on any atom is -0.466 e. The summed E-state index contributed by atoms with van der Waals surface area (Å²) in [7, 11) is 0. The molecule has 9 heteroatoms. The first-order valence-corrected chi connectivity index (χ1v) is 10.7. The first-order chi connectivity index (χ1) is 14.2. The summed E-state index contributed by atoms with van der Waals surface area (Å²) in [6.07, 6.45) is -2.67. The van der Waals surface area contributed by atoms with Crippen molar-refractivity contribution in [2.24, 2.45) is 11.8 Å². The lowest BCUT2D eigenvalue weighted by Crippen LogP contribution is -2.43. The highest BCUT2D eigenvalue weighted by molar-refractivity contribution is 6.34. The number of likely N-dealkylation sites (tertiary alicyclic amines) is 1. The van der Waals surface area contributed by atoms with Gasteiger partial charge in [-0.1, -0.05) is 11.6 Å². The molecule has 0 spiro atoms. The van der Waals surface area contributed by atoms with Crippen LogP contribution in [0.2, 0.25) is 5.02 Å². The van der Waals surface area contributed by atoms with Crippen LogP contribution >= 0.6 is 11.6 Å². The van der Waals surface area contributed by atoms with E-state index in [1.807, 2.05) is 4.90 Å². The average molecular weight is 447 g/mol. The van der Waals surface area contributed by atoms with Crippen LogP contribution in [0.1, 0.15) is 43.0 Å². The van der Waals surface area contributed by atoms with Crippen molar-refractivity contribution in [2.75, 3.05) is 37.7 Å². The molecule has 0 bridgehead atoms. The molecule has 0 aliphatic carbocycles. The van der Waals surface area contributed by atoms with Gasteiger partial charge in [-0.05, 0) is 50.8 Å². The zero-order valence-corrected chi connectivity index (χ0v) is 17.6. The molecule has 2 fully saturated rings. The Morgan fingerprint density at radius 2 is 1.87 bits per heavy atom. The first-order valence-electron chi connectivity index (χ1n) is 10.3. The number of carbonyl (C=O) groups excluding carboxylic acids is 2. The van der Waals surface area contributed by atoms with Gasteiger partial charge in [0.1, 0.15) is 0 Å². The van der Waals surface area contributed by atoms with Crippen molar-refractivity contribution >= 4 is 29.2 Å². The number of benzene rings is 1. The summed E-state index contributed by atoms with van der Waals surface area (Å²) in [4.78, 5) is 28.4. The Kier molecular flexibility index (Phi) is 7.16. The van der Waals surface area contributed by atoms with Crippen LogP contribution in [0.5, 0.6) is 0 Å². The van der Waals surface area contributed by atoms with Gasteiger partial charge in [-0.15, -0.1) is 0 Å². The van der Waals surface area contributed by atoms with Gasteiger partial charge in [0.15, 0.2) is 0 Å². The Balaban J connectivity index is 1.65. The van der Waals surface area contributed by atoms with Gasteiger partial charge < -0.3 is 14.5 Å². The molecule has 2 saturated heterocycles. The summed E-state index contributed by atoms with van der Waals surface area (Å²) < 4.78 is 43.7. The van der Waals surface area contributed by atoms with Gasteiger partial charge in [0, 0.05) is 31.9 Å². The molecule has 0 aromatic heterocycles. The van der Waals surface area contributed by atoms with E-state index in [1.54, 1.807) is 30.0 Å². The van der Waals surface area contributed by atoms with Gasteiger partial charge in [-0.2, -0.15) is 13.2 Å². The Morgan fingerprint density at radius 1 is 1.17 bits per heavy atom. The molecule has 2 aliphatic heterocycles. The third-order valence-electron chi connectivity index (χ3n) is 5.83. The number of carbonyl (C=O) groups is 2. The lowest BCUT2D eigenvalue weighted by molar-refractivity contribution is -0.179. The molecule has 1 atom stereocenters. The second kappa shape index (κ2) is 9.45. The molecule has 1 aromatic carbocycles. The van der Waals surface area contributed by atoms with Crippen LogP contribution in [-0.2, 0) is 9.53 Å². The van der Waals surface area contributed by atoms with E-state index in [0.29, 0.717) is 56.9 Å². The maximum Gasteiger partial charge on any atom is 0.391 e. The number of anilines is 1. The number of halogens is 4. The fraction of sp³-hybridized carbons (Fsp3) is 0.619. The molecule has 30 heavy (non-hydrogen) atoms. The SMILES string of the molecule is CCOC(=O)[C@H]1CCCN(C(=O)c2ccc(N3CCC(C(F)(F)F)CC3)cc2Cl)C1. The van der Waals surface area contributed by atoms with Crippen LogP contribution in [0, 0.1) is 11.8 Å². The normalized spacial score (nSPS) is 20.9. The summed E-state index contributed by atoms with van der Waals surface area (Å²) in [6.45, 7) is 3.47. The van der Waals surface area contributed by atoms with Crippen molar-refractivity contribution in [3.63, 3.8) is 0 Å². The maximum absolute atomic E-state index is 12.9. The van der Waals surface area contributed by atoms with Crippen molar-refractivity contribution in [3.8, 4) is 0 Å². The predicted octanol–water partition coefficient (Wildman–Crippen LogP) is 4.53. The minimum atomic E-state index is -4.16. The first kappa shape index (κ1) is 22.7. The zero-order chi connectivity index (χ0) is 21.9. The largest absolute Gasteiger partial charge is 0.466 e. The van der Waals surface area contributed by atoms with E-state index in [9.17, 15) is 22.8 Å². The van der Waals surface area contributed by atoms with E-state index >= 15 is 0 Å². The van der Waals surface area contributed by atoms with Gasteiger partial charge in [0.05, 0.1) is 29.0 Å². The van der Waals surface area contributed by atoms with E-state index in [2.05, 4.69) is 0 Å². The van der Waals surface area contributed by atoms with E-state index in [1.165, 1.54) is 0 Å². The van der Waals surface area contributed by atoms with Crippen LogP contribution in [0.4, 0.5) is 18.9 Å². The summed E-state index contributed by atoms with van der Waals surface area (Å²) in [5.41, 5.74) is 1.04. The smallest absolute Gasteiger partial charge is 0.391 e. The standard InChI is InChI=1S/C21H26ClF3N2O3/c1-2-30-20(29)14-4-3-9-27(13-14)19(28)17-6-5-16(12-18(17)22)26-10-7-15(8-11-26)21(23,24)25/h5-6,12,14-15H,2-4,7-11,13H2,1H3/t14-/m0/s1. The fourth-order valence-electron chi connectivity index (χ4n) is 4.12. The Morgan fingerprint density at radius 3 is 2.47 bits per heavy atom. The lowest BCUT2D eigenvalue weighted by atomic mass is 9.95. The third-order valence-corrected chi connectivity index (χ3v) is 6.15. The van der Waals surface area contributed by atoms with Crippen LogP contribution in [0.25, 0.3) is 0 Å². The number of alkyl halides is 3. The number of esters is 1. The van der Waals surface area contributed by atoms with Crippen molar-refractivity contribution in [3.05, 3.63) is 28.8 Å². The topological polar surface area (TPSA) is 49.9 Å². The summed E-state index contributed by atoms with van der Waals surface area (Å²) in [5, 5.41) is 0.258. The number of hydrogen-bond acceptors (Lipinski definition) is 4. The van der Waals surface area contributed by atoms with Gasteiger partial charge in [0.25, 0.3) is 5.91 Å². The van der Waals surface area contributed by atoms with Crippen LogP contribution < -0.4 is 4.90 Å². The molecule has 166 valence electrons. The third kappa shape index (κ3) is 5.20. The number of piperidine rings is 2. The number of nitrogens with zero attached hydrogens (tertiary/aromatic N) is 2. The molecule has 5 nitrogen and oxygen atoms in total. The maximum atomic E-state index is 12.9. The molecule has 1 amide bonds. The molecule has 1 aromatic rings. The average Bonchev–Trinajstić information content (AvgIpc) is 2.73. The van der Waals surface area contributed by atoms with Crippen LogP contribution in [0.15, 0.2) is 18.2 Å². The number of amides is 1. The molecule has 3 rings (SSSR count). The fourth-order valence-corrected chi connectivity index (χ4v) is 4.38. The molecule has 2 aliphatic rings. The van der Waals surface area contributed by atoms with E-state index in [-0.39, 0.29) is 35.7 Å². The van der Waals surface area contributed by atoms with Gasteiger partial charge in [-0.25, -0.2) is 0 Å². The molecular formula is C21H26ClF3N2O3. The second-order valence-electron chi connectivity index (χ2n) is 7.81. The summed E-state index contributed by atoms with van der Waals surface area (Å²) in [6, 6.07) is 4.97. The van der Waals surface area contributed by atoms with E-state index < -0.39 is 12.1 Å². The quantitative estimate of drug-likeness (QED) is 0.637. The summed E-state index contributed by atoms with van der Waals surface area (Å²) >= 11 is 6.37. The highest BCUT2D eigenvalue weighted by Crippen LogP contribution is 2.36. The van der Waals surface area contributed by atoms with Gasteiger partial charge >= 0.3 is 12.1 Å². The highest BCUT2D eigenvalue weighted by atomic mass is 35.5. The highest BCUT2D eigenvalue weighted by Gasteiger charge is 2.41. The van der Waals surface area contributed by atoms with Crippen LogP contribution in [-0.4, -0.2) is 55.7 Å². The number of rotatable bonds is 4. The van der Waals surface area contributed by atoms with Gasteiger partial charge in [0.2, 0.25) is 0 Å². The van der Waals surface area contributed by atoms with Crippen molar-refractivity contribution < 1.29 is 27.5 Å². The van der Waals surface area contributed by atoms with E-state index in [0.717, 1.165) is 0 Å². The molecule has 0 saturated carbocycles. The van der Waals surface area contributed by atoms with E-state index in [4.69, 9.17) is 16.3 Å². The molecular weight excluding hydrogens is 421 g/mol. The second-order valence-corrected chi connectivity index (χ2v) is 8.22. The molecule has 0 unspecified atom stereocenters. The molecule has 0 radical (unpaired) electrons. The summed E-state index contributed by atoms with van der Waals surface area (Å²) in [5.74, 6) is -2.15. The van der Waals surface area contributed by atoms with Crippen molar-refractivity contribution in [2.45, 2.75) is 38.8 Å². The Labute approximate surface area is 179 Å². The van der Waals surface area contributed by atoms with Crippen molar-refractivity contribution in [1.29, 1.82) is 0 Å². The van der Waals surface area contributed by atoms with Crippen LogP contribution in [0.3, 0.4) is 0 Å². The predicted molar refractivity (Wildman–Crippen MR) is 108 cm³/mol.